The van der Waals surface area contributed by atoms with E-state index in [0.29, 0.717) is 0 Å². The summed E-state index contributed by atoms with van der Waals surface area (Å²) in [6.45, 7) is 1.96. The average molecular weight is 388 g/mol. The number of carboxylic acid groups (broad SMARTS) is 1. The number of carboxylic acids is 1. The number of aryl methyl sites for hydroxylation is 1. The molecule has 0 aromatic heterocycles. The van der Waals surface area contributed by atoms with Crippen molar-refractivity contribution in [1.82, 2.24) is 0 Å². The topological polar surface area (TPSA) is 106 Å². The van der Waals surface area contributed by atoms with Crippen molar-refractivity contribution in [3.63, 3.8) is 0 Å². The minimum absolute atomic E-state index is 0.746. The van der Waals surface area contributed by atoms with Gasteiger partial charge in [0, 0.05) is 0 Å². The second-order valence-corrected chi connectivity index (χ2v) is 7.15. The molecule has 0 bridgehead atoms. The number of hydrogen-bond donors (Lipinski definition) is 3. The molecule has 0 aliphatic carbocycles. The van der Waals surface area contributed by atoms with Crippen LogP contribution in [0, 0.1) is 12.8 Å². The van der Waals surface area contributed by atoms with Crippen molar-refractivity contribution in [2.75, 3.05) is 0 Å². The molecule has 0 saturated carbocycles. The SMILES string of the molecule is Cc1ccc(C(c2ccccc2)(c2ccccc2)C(C(N)=O)[C@H](N)C(=O)O)cc1. The summed E-state index contributed by atoms with van der Waals surface area (Å²) in [4.78, 5) is 24.7. The molecular formula is C24H24N2O3. The molecule has 0 heterocycles. The van der Waals surface area contributed by atoms with Gasteiger partial charge in [0.25, 0.3) is 0 Å². The van der Waals surface area contributed by atoms with Crippen LogP contribution in [0.15, 0.2) is 84.9 Å². The molecule has 1 amide bonds. The molecule has 148 valence electrons. The van der Waals surface area contributed by atoms with Crippen LogP contribution in [0.4, 0.5) is 0 Å². The molecule has 0 fully saturated rings. The van der Waals surface area contributed by atoms with E-state index < -0.39 is 29.3 Å². The largest absolute Gasteiger partial charge is 0.480 e. The van der Waals surface area contributed by atoms with Crippen LogP contribution in [-0.4, -0.2) is 23.0 Å². The van der Waals surface area contributed by atoms with Gasteiger partial charge in [0.2, 0.25) is 5.91 Å². The highest BCUT2D eigenvalue weighted by Crippen LogP contribution is 2.46. The molecule has 0 aliphatic heterocycles. The van der Waals surface area contributed by atoms with Gasteiger partial charge in [-0.1, -0.05) is 90.5 Å². The summed E-state index contributed by atoms with van der Waals surface area (Å²) < 4.78 is 0. The summed E-state index contributed by atoms with van der Waals surface area (Å²) >= 11 is 0. The smallest absolute Gasteiger partial charge is 0.321 e. The Kier molecular flexibility index (Phi) is 5.80. The standard InChI is InChI=1S/C24H24N2O3/c1-16-12-14-19(15-13-16)24(17-8-4-2-5-9-17,18-10-6-3-7-11-18)20(22(26)27)21(25)23(28)29/h2-15,20-21H,25H2,1H3,(H2,26,27)(H,28,29)/t20?,21-/m0/s1. The predicted molar refractivity (Wildman–Crippen MR) is 112 cm³/mol. The molecule has 0 saturated heterocycles. The maximum absolute atomic E-state index is 12.8. The lowest BCUT2D eigenvalue weighted by atomic mass is 9.59. The van der Waals surface area contributed by atoms with Gasteiger partial charge in [-0.15, -0.1) is 0 Å². The third-order valence-electron chi connectivity index (χ3n) is 5.38. The van der Waals surface area contributed by atoms with Gasteiger partial charge in [0.1, 0.15) is 6.04 Å². The molecule has 5 nitrogen and oxygen atoms in total. The Bertz CT molecular complexity index is 946. The summed E-state index contributed by atoms with van der Waals surface area (Å²) in [6.07, 6.45) is 0. The van der Waals surface area contributed by atoms with Crippen LogP contribution in [0.25, 0.3) is 0 Å². The van der Waals surface area contributed by atoms with Crippen LogP contribution in [0.1, 0.15) is 22.3 Å². The number of hydrogen-bond acceptors (Lipinski definition) is 3. The van der Waals surface area contributed by atoms with E-state index in [0.717, 1.165) is 22.3 Å². The highest BCUT2D eigenvalue weighted by atomic mass is 16.4. The number of carbonyl (C=O) groups excluding carboxylic acids is 1. The van der Waals surface area contributed by atoms with Gasteiger partial charge in [0.15, 0.2) is 0 Å². The van der Waals surface area contributed by atoms with Crippen molar-refractivity contribution >= 4 is 11.9 Å². The van der Waals surface area contributed by atoms with Crippen LogP contribution < -0.4 is 11.5 Å². The first kappa shape index (κ1) is 20.3. The van der Waals surface area contributed by atoms with Crippen LogP contribution in [0.5, 0.6) is 0 Å². The van der Waals surface area contributed by atoms with E-state index in [2.05, 4.69) is 0 Å². The zero-order chi connectivity index (χ0) is 21.0. The Hall–Kier alpha value is -3.44. The number of benzene rings is 3. The van der Waals surface area contributed by atoms with Crippen molar-refractivity contribution in [2.24, 2.45) is 17.4 Å². The predicted octanol–water partition coefficient (Wildman–Crippen LogP) is 2.84. The Balaban J connectivity index is 2.47. The zero-order valence-electron chi connectivity index (χ0n) is 16.2. The summed E-state index contributed by atoms with van der Waals surface area (Å²) in [7, 11) is 0. The number of aliphatic carboxylic acids is 1. The first-order chi connectivity index (χ1) is 13.9. The maximum Gasteiger partial charge on any atom is 0.321 e. The molecule has 0 aliphatic rings. The molecule has 3 aromatic carbocycles. The van der Waals surface area contributed by atoms with E-state index >= 15 is 0 Å². The highest BCUT2D eigenvalue weighted by molar-refractivity contribution is 5.89. The van der Waals surface area contributed by atoms with Crippen molar-refractivity contribution in [2.45, 2.75) is 18.4 Å². The zero-order valence-corrected chi connectivity index (χ0v) is 16.2. The van der Waals surface area contributed by atoms with Gasteiger partial charge >= 0.3 is 5.97 Å². The third-order valence-corrected chi connectivity index (χ3v) is 5.38. The summed E-state index contributed by atoms with van der Waals surface area (Å²) in [6, 6.07) is 24.8. The van der Waals surface area contributed by atoms with Crippen molar-refractivity contribution in [3.05, 3.63) is 107 Å². The Morgan fingerprint density at radius 1 is 0.793 bits per heavy atom. The van der Waals surface area contributed by atoms with Crippen molar-refractivity contribution in [1.29, 1.82) is 0 Å². The molecule has 2 atom stereocenters. The summed E-state index contributed by atoms with van der Waals surface area (Å²) in [5.41, 5.74) is 14.0. The van der Waals surface area contributed by atoms with E-state index in [9.17, 15) is 14.7 Å². The maximum atomic E-state index is 12.8. The molecule has 5 heteroatoms. The monoisotopic (exact) mass is 388 g/mol. The molecule has 0 spiro atoms. The lowest BCUT2D eigenvalue weighted by Crippen LogP contribution is -2.56. The lowest BCUT2D eigenvalue weighted by Gasteiger charge is -2.42. The van der Waals surface area contributed by atoms with Crippen molar-refractivity contribution < 1.29 is 14.7 Å². The molecule has 1 unspecified atom stereocenters. The van der Waals surface area contributed by atoms with E-state index in [4.69, 9.17) is 11.5 Å². The average Bonchev–Trinajstić information content (AvgIpc) is 2.73. The van der Waals surface area contributed by atoms with Crippen LogP contribution in [0.2, 0.25) is 0 Å². The van der Waals surface area contributed by atoms with Crippen LogP contribution in [-0.2, 0) is 15.0 Å². The van der Waals surface area contributed by atoms with Crippen molar-refractivity contribution in [3.8, 4) is 0 Å². The normalized spacial score (nSPS) is 13.4. The van der Waals surface area contributed by atoms with Gasteiger partial charge in [-0.3, -0.25) is 9.59 Å². The Labute approximate surface area is 170 Å². The van der Waals surface area contributed by atoms with Gasteiger partial charge in [0.05, 0.1) is 11.3 Å². The molecule has 0 radical (unpaired) electrons. The van der Waals surface area contributed by atoms with Crippen LogP contribution >= 0.6 is 0 Å². The molecular weight excluding hydrogens is 364 g/mol. The molecule has 3 rings (SSSR count). The Morgan fingerprint density at radius 2 is 1.21 bits per heavy atom. The van der Waals surface area contributed by atoms with E-state index in [-0.39, 0.29) is 0 Å². The second-order valence-electron chi connectivity index (χ2n) is 7.15. The van der Waals surface area contributed by atoms with Gasteiger partial charge in [-0.25, -0.2) is 0 Å². The van der Waals surface area contributed by atoms with E-state index in [1.807, 2.05) is 91.9 Å². The lowest BCUT2D eigenvalue weighted by molar-refractivity contribution is -0.143. The molecule has 29 heavy (non-hydrogen) atoms. The van der Waals surface area contributed by atoms with Gasteiger partial charge in [-0.2, -0.15) is 0 Å². The second kappa shape index (κ2) is 8.29. The summed E-state index contributed by atoms with van der Waals surface area (Å²) in [5, 5.41) is 9.72. The number of carbonyl (C=O) groups is 2. The quantitative estimate of drug-likeness (QED) is 0.541. The van der Waals surface area contributed by atoms with E-state index in [1.54, 1.807) is 0 Å². The molecule has 3 aromatic rings. The third kappa shape index (κ3) is 3.65. The van der Waals surface area contributed by atoms with Crippen LogP contribution in [0.3, 0.4) is 0 Å². The number of amides is 1. The highest BCUT2D eigenvalue weighted by Gasteiger charge is 2.51. The molecule has 5 N–H and O–H groups in total. The Morgan fingerprint density at radius 3 is 1.59 bits per heavy atom. The first-order valence-electron chi connectivity index (χ1n) is 9.35. The fourth-order valence-electron chi connectivity index (χ4n) is 4.06. The minimum Gasteiger partial charge on any atom is -0.480 e. The summed E-state index contributed by atoms with van der Waals surface area (Å²) in [5.74, 6) is -3.27. The number of nitrogens with two attached hydrogens (primary N) is 2. The van der Waals surface area contributed by atoms with Gasteiger partial charge < -0.3 is 16.6 Å². The van der Waals surface area contributed by atoms with Gasteiger partial charge in [-0.05, 0) is 23.6 Å². The fourth-order valence-corrected chi connectivity index (χ4v) is 4.06. The first-order valence-corrected chi connectivity index (χ1v) is 9.35. The number of primary amides is 1. The minimum atomic E-state index is -1.49. The number of rotatable bonds is 7. The van der Waals surface area contributed by atoms with E-state index in [1.165, 1.54) is 0 Å². The fraction of sp³-hybridized carbons (Fsp3) is 0.167.